The Morgan fingerprint density at radius 3 is 2.67 bits per heavy atom. The second kappa shape index (κ2) is 6.64. The van der Waals surface area contributed by atoms with Gasteiger partial charge in [-0.05, 0) is 47.5 Å². The van der Waals surface area contributed by atoms with E-state index in [1.54, 1.807) is 19.1 Å². The first-order valence-electron chi connectivity index (χ1n) is 6.47. The first-order chi connectivity index (χ1) is 9.77. The second-order valence-electron chi connectivity index (χ2n) is 5.09. The summed E-state index contributed by atoms with van der Waals surface area (Å²) in [7, 11) is -3.66. The predicted octanol–water partition coefficient (Wildman–Crippen LogP) is 2.29. The Balaban J connectivity index is 2.43. The zero-order valence-electron chi connectivity index (χ0n) is 11.7. The summed E-state index contributed by atoms with van der Waals surface area (Å²) in [5.74, 6) is 0. The molecule has 0 radical (unpaired) electrons. The first kappa shape index (κ1) is 17.4. The van der Waals surface area contributed by atoms with Crippen LogP contribution in [0.4, 0.5) is 0 Å². The monoisotopic (exact) mass is 441 g/mol. The number of sulfonamides is 1. The largest absolute Gasteiger partial charge is 0.394 e. The zero-order chi connectivity index (χ0) is 15.8. The van der Waals surface area contributed by atoms with Gasteiger partial charge in [0.2, 0.25) is 10.0 Å². The first-order valence-corrected chi connectivity index (χ1v) is 9.50. The number of halogens is 2. The zero-order valence-corrected chi connectivity index (χ0v) is 15.7. The summed E-state index contributed by atoms with van der Waals surface area (Å²) >= 11 is 6.70. The van der Waals surface area contributed by atoms with E-state index in [0.717, 1.165) is 10.0 Å². The van der Waals surface area contributed by atoms with Crippen molar-refractivity contribution in [3.8, 4) is 0 Å². The highest BCUT2D eigenvalue weighted by molar-refractivity contribution is 9.11. The number of aryl methyl sites for hydroxylation is 1. The van der Waals surface area contributed by atoms with Crippen molar-refractivity contribution in [2.24, 2.45) is 0 Å². The molecule has 1 aliphatic rings. The van der Waals surface area contributed by atoms with Gasteiger partial charge in [0.25, 0.3) is 0 Å². The standard InChI is InChI=1S/C13H17Br2NO4S/c1-8-3-12(15)13(4-11(8)14)21(18,19)16-5-10(6-17)20-7-9(16)2/h3-4,9-10,17H,5-7H2,1-2H3. The third kappa shape index (κ3) is 3.51. The van der Waals surface area contributed by atoms with Gasteiger partial charge < -0.3 is 9.84 Å². The van der Waals surface area contributed by atoms with E-state index in [1.807, 2.05) is 6.92 Å². The summed E-state index contributed by atoms with van der Waals surface area (Å²) in [5, 5.41) is 9.20. The predicted molar refractivity (Wildman–Crippen MR) is 86.8 cm³/mol. The molecule has 1 aromatic rings. The van der Waals surface area contributed by atoms with Crippen LogP contribution in [0.15, 0.2) is 26.0 Å². The van der Waals surface area contributed by atoms with Gasteiger partial charge in [0.05, 0.1) is 24.2 Å². The molecule has 1 N–H and O–H groups in total. The van der Waals surface area contributed by atoms with E-state index in [1.165, 1.54) is 4.31 Å². The second-order valence-corrected chi connectivity index (χ2v) is 8.66. The molecule has 1 fully saturated rings. The van der Waals surface area contributed by atoms with E-state index in [0.29, 0.717) is 4.47 Å². The molecule has 8 heteroatoms. The van der Waals surface area contributed by atoms with Gasteiger partial charge in [-0.3, -0.25) is 0 Å². The van der Waals surface area contributed by atoms with Crippen molar-refractivity contribution in [2.75, 3.05) is 19.8 Å². The summed E-state index contributed by atoms with van der Waals surface area (Å²) in [4.78, 5) is 0.213. The molecule has 0 spiro atoms. The maximum Gasteiger partial charge on any atom is 0.244 e. The molecule has 0 saturated carbocycles. The van der Waals surface area contributed by atoms with Crippen LogP contribution in [0.3, 0.4) is 0 Å². The number of aliphatic hydroxyl groups excluding tert-OH is 1. The van der Waals surface area contributed by atoms with Gasteiger partial charge in [-0.25, -0.2) is 8.42 Å². The SMILES string of the molecule is Cc1cc(Br)c(S(=O)(=O)N2CC(CO)OCC2C)cc1Br. The van der Waals surface area contributed by atoms with Crippen LogP contribution < -0.4 is 0 Å². The molecule has 2 rings (SSSR count). The highest BCUT2D eigenvalue weighted by Gasteiger charge is 2.36. The number of ether oxygens (including phenoxy) is 1. The van der Waals surface area contributed by atoms with Crippen LogP contribution >= 0.6 is 31.9 Å². The average Bonchev–Trinajstić information content (AvgIpc) is 2.43. The van der Waals surface area contributed by atoms with Crippen molar-refractivity contribution in [3.63, 3.8) is 0 Å². The number of benzene rings is 1. The van der Waals surface area contributed by atoms with Gasteiger partial charge in [-0.15, -0.1) is 0 Å². The van der Waals surface area contributed by atoms with Crippen LogP contribution in [-0.2, 0) is 14.8 Å². The Kier molecular flexibility index (Phi) is 5.49. The summed E-state index contributed by atoms with van der Waals surface area (Å²) in [6.07, 6.45) is -0.483. The van der Waals surface area contributed by atoms with Gasteiger partial charge in [-0.1, -0.05) is 15.9 Å². The molecule has 1 saturated heterocycles. The van der Waals surface area contributed by atoms with Crippen molar-refractivity contribution in [2.45, 2.75) is 30.9 Å². The van der Waals surface area contributed by atoms with Crippen LogP contribution in [0.2, 0.25) is 0 Å². The lowest BCUT2D eigenvalue weighted by Gasteiger charge is -2.36. The van der Waals surface area contributed by atoms with Crippen LogP contribution in [0.5, 0.6) is 0 Å². The fraction of sp³-hybridized carbons (Fsp3) is 0.538. The van der Waals surface area contributed by atoms with Gasteiger partial charge in [0, 0.05) is 21.5 Å². The van der Waals surface area contributed by atoms with Crippen LogP contribution in [0.25, 0.3) is 0 Å². The number of hydrogen-bond donors (Lipinski definition) is 1. The quantitative estimate of drug-likeness (QED) is 0.779. The minimum Gasteiger partial charge on any atom is -0.394 e. The molecule has 1 aromatic carbocycles. The van der Waals surface area contributed by atoms with Crippen molar-refractivity contribution < 1.29 is 18.3 Å². The van der Waals surface area contributed by atoms with E-state index in [4.69, 9.17) is 4.74 Å². The summed E-state index contributed by atoms with van der Waals surface area (Å²) in [6.45, 7) is 3.91. The minimum atomic E-state index is -3.66. The van der Waals surface area contributed by atoms with Gasteiger partial charge in [-0.2, -0.15) is 4.31 Å². The van der Waals surface area contributed by atoms with Crippen molar-refractivity contribution in [3.05, 3.63) is 26.6 Å². The minimum absolute atomic E-state index is 0.151. The summed E-state index contributed by atoms with van der Waals surface area (Å²) in [6, 6.07) is 3.10. The van der Waals surface area contributed by atoms with Crippen LogP contribution in [-0.4, -0.2) is 49.7 Å². The number of hydrogen-bond acceptors (Lipinski definition) is 4. The highest BCUT2D eigenvalue weighted by Crippen LogP contribution is 2.32. The molecule has 2 unspecified atom stereocenters. The Labute approximate surface area is 141 Å². The van der Waals surface area contributed by atoms with E-state index in [-0.39, 0.29) is 30.7 Å². The number of morpholine rings is 1. The normalized spacial score (nSPS) is 24.2. The maximum absolute atomic E-state index is 12.9. The fourth-order valence-corrected chi connectivity index (χ4v) is 5.48. The van der Waals surface area contributed by atoms with E-state index < -0.39 is 16.1 Å². The maximum atomic E-state index is 12.9. The number of rotatable bonds is 3. The highest BCUT2D eigenvalue weighted by atomic mass is 79.9. The molecular weight excluding hydrogens is 426 g/mol. The summed E-state index contributed by atoms with van der Waals surface area (Å²) < 4.78 is 33.8. The molecule has 1 heterocycles. The lowest BCUT2D eigenvalue weighted by Crippen LogP contribution is -2.51. The van der Waals surface area contributed by atoms with Gasteiger partial charge >= 0.3 is 0 Å². The van der Waals surface area contributed by atoms with Gasteiger partial charge in [0.1, 0.15) is 0 Å². The van der Waals surface area contributed by atoms with Crippen molar-refractivity contribution in [1.29, 1.82) is 0 Å². The summed E-state index contributed by atoms with van der Waals surface area (Å²) in [5.41, 5.74) is 0.948. The topological polar surface area (TPSA) is 66.8 Å². The molecule has 0 amide bonds. The van der Waals surface area contributed by atoms with Crippen LogP contribution in [0.1, 0.15) is 12.5 Å². The Hall–Kier alpha value is 0.01000. The van der Waals surface area contributed by atoms with Crippen molar-refractivity contribution in [1.82, 2.24) is 4.31 Å². The van der Waals surface area contributed by atoms with E-state index in [2.05, 4.69) is 31.9 Å². The van der Waals surface area contributed by atoms with Crippen molar-refractivity contribution >= 4 is 41.9 Å². The smallest absolute Gasteiger partial charge is 0.244 e. The lowest BCUT2D eigenvalue weighted by molar-refractivity contribution is -0.0516. The van der Waals surface area contributed by atoms with E-state index >= 15 is 0 Å². The third-order valence-corrected chi connectivity index (χ3v) is 7.24. The Morgan fingerprint density at radius 2 is 2.05 bits per heavy atom. The molecular formula is C13H17Br2NO4S. The van der Waals surface area contributed by atoms with Gasteiger partial charge in [0.15, 0.2) is 0 Å². The number of aliphatic hydroxyl groups is 1. The fourth-order valence-electron chi connectivity index (χ4n) is 2.19. The van der Waals surface area contributed by atoms with Crippen LogP contribution in [0, 0.1) is 6.92 Å². The Bertz CT molecular complexity index is 635. The third-order valence-electron chi connectivity index (χ3n) is 3.45. The molecule has 2 atom stereocenters. The Morgan fingerprint density at radius 1 is 1.38 bits per heavy atom. The molecule has 0 aliphatic carbocycles. The number of nitrogens with zero attached hydrogens (tertiary/aromatic N) is 1. The molecule has 1 aliphatic heterocycles. The van der Waals surface area contributed by atoms with E-state index in [9.17, 15) is 13.5 Å². The molecule has 5 nitrogen and oxygen atoms in total. The lowest BCUT2D eigenvalue weighted by atomic mass is 10.2. The molecule has 0 aromatic heterocycles. The molecule has 0 bridgehead atoms. The average molecular weight is 443 g/mol. The molecule has 21 heavy (non-hydrogen) atoms. The molecule has 118 valence electrons.